The number of nitro benzene ring substituents is 1. The van der Waals surface area contributed by atoms with Gasteiger partial charge in [-0.3, -0.25) is 14.9 Å². The van der Waals surface area contributed by atoms with Crippen molar-refractivity contribution in [1.29, 1.82) is 0 Å². The predicted molar refractivity (Wildman–Crippen MR) is 124 cm³/mol. The van der Waals surface area contributed by atoms with Crippen LogP contribution in [-0.4, -0.2) is 65.5 Å². The Hall–Kier alpha value is -3.53. The number of amides is 2. The Balaban J connectivity index is 1.80. The zero-order valence-electron chi connectivity index (χ0n) is 19.4. The molecule has 0 unspecified atom stereocenters. The maximum Gasteiger partial charge on any atom is 0.408 e. The molecule has 0 aliphatic carbocycles. The second-order valence-electron chi connectivity index (χ2n) is 8.55. The van der Waals surface area contributed by atoms with Crippen molar-refractivity contribution in [3.63, 3.8) is 0 Å². The highest BCUT2D eigenvalue weighted by Gasteiger charge is 2.35. The normalized spacial score (nSPS) is 18.1. The van der Waals surface area contributed by atoms with Crippen molar-refractivity contribution in [3.8, 4) is 0 Å². The number of benzene rings is 2. The lowest BCUT2D eigenvalue weighted by Gasteiger charge is -2.40. The molecular formula is C24H29FN4O5. The van der Waals surface area contributed by atoms with Crippen LogP contribution >= 0.6 is 0 Å². The fourth-order valence-corrected chi connectivity index (χ4v) is 3.88. The van der Waals surface area contributed by atoms with Gasteiger partial charge in [-0.15, -0.1) is 0 Å². The second kappa shape index (κ2) is 11.1. The summed E-state index contributed by atoms with van der Waals surface area (Å²) in [6.07, 6.45) is -0.779. The lowest BCUT2D eigenvalue weighted by molar-refractivity contribution is -0.387. The van der Waals surface area contributed by atoms with Gasteiger partial charge in [0.25, 0.3) is 0 Å². The lowest BCUT2D eigenvalue weighted by Crippen LogP contribution is -2.58. The first-order valence-electron chi connectivity index (χ1n) is 11.1. The summed E-state index contributed by atoms with van der Waals surface area (Å²) < 4.78 is 19.6. The zero-order valence-corrected chi connectivity index (χ0v) is 19.4. The predicted octanol–water partition coefficient (Wildman–Crippen LogP) is 3.29. The number of halogens is 1. The third kappa shape index (κ3) is 6.07. The molecular weight excluding hydrogens is 443 g/mol. The SMILES string of the molecule is C[C@@H]1CN(C(=O)[C@H](NC(=O)OCc2ccccc2)[C@@H](C)c2ccc([N+](=O)[O-])c(F)c2)CCN1C. The Kier molecular flexibility index (Phi) is 8.17. The van der Waals surface area contributed by atoms with Crippen LogP contribution in [0.15, 0.2) is 48.5 Å². The third-order valence-corrected chi connectivity index (χ3v) is 6.22. The fourth-order valence-electron chi connectivity index (χ4n) is 3.88. The first kappa shape index (κ1) is 25.1. The van der Waals surface area contributed by atoms with Crippen LogP contribution in [0, 0.1) is 15.9 Å². The largest absolute Gasteiger partial charge is 0.445 e. The molecule has 1 fully saturated rings. The molecule has 0 spiro atoms. The van der Waals surface area contributed by atoms with E-state index >= 15 is 0 Å². The van der Waals surface area contributed by atoms with Gasteiger partial charge in [-0.1, -0.05) is 43.3 Å². The average molecular weight is 473 g/mol. The summed E-state index contributed by atoms with van der Waals surface area (Å²) in [4.78, 5) is 40.0. The van der Waals surface area contributed by atoms with Gasteiger partial charge in [-0.25, -0.2) is 4.79 Å². The van der Waals surface area contributed by atoms with Gasteiger partial charge in [-0.05, 0) is 31.2 Å². The fraction of sp³-hybridized carbons (Fsp3) is 0.417. The molecule has 2 aromatic rings. The molecule has 1 heterocycles. The van der Waals surface area contributed by atoms with Crippen molar-refractivity contribution >= 4 is 17.7 Å². The van der Waals surface area contributed by atoms with E-state index in [1.165, 1.54) is 6.07 Å². The van der Waals surface area contributed by atoms with Gasteiger partial charge in [0.15, 0.2) is 0 Å². The number of carbonyl (C=O) groups is 2. The van der Waals surface area contributed by atoms with Crippen molar-refractivity contribution in [1.82, 2.24) is 15.1 Å². The summed E-state index contributed by atoms with van der Waals surface area (Å²) in [6, 6.07) is 11.7. The van der Waals surface area contributed by atoms with Crippen LogP contribution in [0.1, 0.15) is 30.9 Å². The second-order valence-corrected chi connectivity index (χ2v) is 8.55. The first-order valence-corrected chi connectivity index (χ1v) is 11.1. The van der Waals surface area contributed by atoms with Crippen molar-refractivity contribution in [2.75, 3.05) is 26.7 Å². The van der Waals surface area contributed by atoms with Gasteiger partial charge in [0.1, 0.15) is 12.6 Å². The number of rotatable bonds is 7. The highest BCUT2D eigenvalue weighted by Crippen LogP contribution is 2.26. The number of likely N-dealkylation sites (N-methyl/N-ethyl adjacent to an activating group) is 1. The number of nitrogens with zero attached hydrogens (tertiary/aromatic N) is 3. The average Bonchev–Trinajstić information content (AvgIpc) is 2.82. The van der Waals surface area contributed by atoms with Crippen LogP contribution in [0.3, 0.4) is 0 Å². The molecule has 1 N–H and O–H groups in total. The Morgan fingerprint density at radius 3 is 2.56 bits per heavy atom. The molecule has 0 aromatic heterocycles. The molecule has 2 aromatic carbocycles. The Labute approximate surface area is 197 Å². The van der Waals surface area contributed by atoms with Crippen LogP contribution in [0.25, 0.3) is 0 Å². The summed E-state index contributed by atoms with van der Waals surface area (Å²) in [5.74, 6) is -1.98. The molecule has 34 heavy (non-hydrogen) atoms. The third-order valence-electron chi connectivity index (χ3n) is 6.22. The molecule has 1 aliphatic rings. The molecule has 2 amide bonds. The molecule has 10 heteroatoms. The number of nitro groups is 1. The lowest BCUT2D eigenvalue weighted by atomic mass is 9.91. The summed E-state index contributed by atoms with van der Waals surface area (Å²) in [7, 11) is 1.98. The van der Waals surface area contributed by atoms with Crippen LogP contribution in [0.2, 0.25) is 0 Å². The topological polar surface area (TPSA) is 105 Å². The van der Waals surface area contributed by atoms with Crippen LogP contribution in [0.5, 0.6) is 0 Å². The van der Waals surface area contributed by atoms with E-state index in [9.17, 15) is 24.1 Å². The van der Waals surface area contributed by atoms with Crippen LogP contribution in [-0.2, 0) is 16.1 Å². The number of nitrogens with one attached hydrogen (secondary N) is 1. The monoisotopic (exact) mass is 472 g/mol. The van der Waals surface area contributed by atoms with E-state index < -0.39 is 34.5 Å². The minimum atomic E-state index is -1.04. The van der Waals surface area contributed by atoms with E-state index in [4.69, 9.17) is 4.74 Å². The number of hydrogen-bond donors (Lipinski definition) is 1. The Morgan fingerprint density at radius 1 is 1.24 bits per heavy atom. The highest BCUT2D eigenvalue weighted by molar-refractivity contribution is 5.87. The summed E-state index contributed by atoms with van der Waals surface area (Å²) in [6.45, 7) is 5.34. The summed E-state index contributed by atoms with van der Waals surface area (Å²) >= 11 is 0. The Bertz CT molecular complexity index is 1040. The van der Waals surface area contributed by atoms with E-state index in [-0.39, 0.29) is 18.6 Å². The van der Waals surface area contributed by atoms with Crippen molar-refractivity contribution in [3.05, 3.63) is 75.6 Å². The number of piperazine rings is 1. The number of carbonyl (C=O) groups excluding carboxylic acids is 2. The molecule has 0 radical (unpaired) electrons. The maximum absolute atomic E-state index is 14.3. The number of hydrogen-bond acceptors (Lipinski definition) is 6. The molecule has 1 aliphatic heterocycles. The van der Waals surface area contributed by atoms with E-state index in [0.29, 0.717) is 25.2 Å². The Morgan fingerprint density at radius 2 is 1.94 bits per heavy atom. The number of ether oxygens (including phenoxy) is 1. The smallest absolute Gasteiger partial charge is 0.408 e. The summed E-state index contributed by atoms with van der Waals surface area (Å²) in [5.41, 5.74) is 0.493. The first-order chi connectivity index (χ1) is 16.2. The van der Waals surface area contributed by atoms with Crippen molar-refractivity contribution < 1.29 is 23.6 Å². The van der Waals surface area contributed by atoms with E-state index in [1.54, 1.807) is 11.8 Å². The number of alkyl carbamates (subject to hydrolysis) is 1. The molecule has 0 saturated carbocycles. The molecule has 3 rings (SSSR count). The standard InChI is InChI=1S/C24H29FN4O5/c1-16-14-28(12-11-27(16)3)23(30)22(26-24(31)34-15-18-7-5-4-6-8-18)17(2)19-9-10-21(29(32)33)20(25)13-19/h4-10,13,16-17,22H,11-12,14-15H2,1-3H3,(H,26,31)/t16-,17+,22-/m1/s1. The minimum Gasteiger partial charge on any atom is -0.445 e. The quantitative estimate of drug-likeness (QED) is 0.490. The van der Waals surface area contributed by atoms with Gasteiger partial charge < -0.3 is 19.9 Å². The van der Waals surface area contributed by atoms with Gasteiger partial charge in [0, 0.05) is 37.7 Å². The van der Waals surface area contributed by atoms with Gasteiger partial charge in [0.05, 0.1) is 4.92 Å². The highest BCUT2D eigenvalue weighted by atomic mass is 19.1. The van der Waals surface area contributed by atoms with E-state index in [2.05, 4.69) is 10.2 Å². The van der Waals surface area contributed by atoms with E-state index in [1.807, 2.05) is 44.3 Å². The zero-order chi connectivity index (χ0) is 24.8. The molecule has 0 bridgehead atoms. The molecule has 3 atom stereocenters. The minimum absolute atomic E-state index is 0.0274. The van der Waals surface area contributed by atoms with E-state index in [0.717, 1.165) is 17.7 Å². The van der Waals surface area contributed by atoms with Crippen molar-refractivity contribution in [2.45, 2.75) is 38.5 Å². The molecule has 9 nitrogen and oxygen atoms in total. The summed E-state index contributed by atoms with van der Waals surface area (Å²) in [5, 5.41) is 13.6. The molecule has 1 saturated heterocycles. The maximum atomic E-state index is 14.3. The van der Waals surface area contributed by atoms with Gasteiger partial charge in [0.2, 0.25) is 11.7 Å². The van der Waals surface area contributed by atoms with Gasteiger partial charge >= 0.3 is 11.8 Å². The van der Waals surface area contributed by atoms with Crippen molar-refractivity contribution in [2.24, 2.45) is 0 Å². The van der Waals surface area contributed by atoms with Crippen LogP contribution < -0.4 is 5.32 Å². The van der Waals surface area contributed by atoms with Gasteiger partial charge in [-0.2, -0.15) is 4.39 Å². The molecule has 182 valence electrons. The van der Waals surface area contributed by atoms with Crippen LogP contribution in [0.4, 0.5) is 14.9 Å².